The van der Waals surface area contributed by atoms with Gasteiger partial charge in [-0.2, -0.15) is 22.0 Å². The zero-order valence-corrected chi connectivity index (χ0v) is 11.3. The molecular weight excluding hydrogens is 242 g/mol. The van der Waals surface area contributed by atoms with Gasteiger partial charge in [0.05, 0.1) is 17.4 Å². The lowest BCUT2D eigenvalue weighted by atomic mass is 10.2. The topological polar surface area (TPSA) is 37.8 Å². The van der Waals surface area contributed by atoms with Crippen molar-refractivity contribution < 1.29 is 0 Å². The third-order valence-corrected chi connectivity index (χ3v) is 4.72. The fourth-order valence-electron chi connectivity index (χ4n) is 2.63. The molecule has 3 rings (SSSR count). The van der Waals surface area contributed by atoms with E-state index in [0.717, 1.165) is 16.5 Å². The summed E-state index contributed by atoms with van der Waals surface area (Å²) < 4.78 is 0. The highest BCUT2D eigenvalue weighted by Crippen LogP contribution is 2.31. The van der Waals surface area contributed by atoms with E-state index in [-0.39, 0.29) is 0 Å². The van der Waals surface area contributed by atoms with Crippen molar-refractivity contribution in [3.05, 3.63) is 30.5 Å². The molecule has 1 aliphatic carbocycles. The number of benzene rings is 1. The molecule has 0 spiro atoms. The van der Waals surface area contributed by atoms with Crippen LogP contribution in [0.15, 0.2) is 30.5 Å². The zero-order valence-electron chi connectivity index (χ0n) is 10.5. The maximum atomic E-state index is 4.15. The number of nitrogens with one attached hydrogen (secondary N) is 1. The predicted molar refractivity (Wildman–Crippen MR) is 78.1 cm³/mol. The molecule has 0 bridgehead atoms. The van der Waals surface area contributed by atoms with Crippen molar-refractivity contribution in [3.63, 3.8) is 0 Å². The Morgan fingerprint density at radius 3 is 3.00 bits per heavy atom. The number of fused-ring (bicyclic) bond motifs is 1. The molecule has 1 aliphatic rings. The fraction of sp³-hybridized carbons (Fsp3) is 0.429. The van der Waals surface area contributed by atoms with Crippen LogP contribution in [0.1, 0.15) is 19.3 Å². The number of nitrogens with zero attached hydrogens (tertiary/aromatic N) is 2. The maximum absolute atomic E-state index is 4.15. The summed E-state index contributed by atoms with van der Waals surface area (Å²) >= 11 is 1.98. The summed E-state index contributed by atoms with van der Waals surface area (Å²) in [6.45, 7) is 0. The first-order valence-corrected chi connectivity index (χ1v) is 7.65. The van der Waals surface area contributed by atoms with E-state index in [1.54, 1.807) is 0 Å². The number of aromatic nitrogens is 2. The van der Waals surface area contributed by atoms with E-state index in [9.17, 15) is 0 Å². The number of thioether (sulfide) groups is 1. The molecule has 0 amide bonds. The molecule has 1 aromatic carbocycles. The molecule has 18 heavy (non-hydrogen) atoms. The number of hydrogen-bond acceptors (Lipinski definition) is 4. The maximum Gasteiger partial charge on any atom is 0.0950 e. The molecule has 0 radical (unpaired) electrons. The number of rotatable bonds is 3. The Balaban J connectivity index is 1.83. The van der Waals surface area contributed by atoms with Gasteiger partial charge in [-0.05, 0) is 31.6 Å². The standard InChI is InChI=1S/C14H17N3S/c1-18-11-7-6-10(8-11)16-14-9-15-17-13-5-3-2-4-12(13)14/h2-5,9-11H,6-8H2,1H3,(H,16,17). The first-order chi connectivity index (χ1) is 8.86. The van der Waals surface area contributed by atoms with Crippen LogP contribution in [0.25, 0.3) is 10.9 Å². The van der Waals surface area contributed by atoms with E-state index in [0.29, 0.717) is 6.04 Å². The van der Waals surface area contributed by atoms with Crippen LogP contribution in [0.2, 0.25) is 0 Å². The minimum absolute atomic E-state index is 0.579. The van der Waals surface area contributed by atoms with E-state index in [1.807, 2.05) is 30.1 Å². The SMILES string of the molecule is CSC1CCC(Nc2cnnc3ccccc23)C1. The van der Waals surface area contributed by atoms with E-state index >= 15 is 0 Å². The van der Waals surface area contributed by atoms with Gasteiger partial charge in [0, 0.05) is 16.7 Å². The van der Waals surface area contributed by atoms with Crippen molar-refractivity contribution in [2.75, 3.05) is 11.6 Å². The molecule has 2 aromatic rings. The first kappa shape index (κ1) is 11.8. The minimum Gasteiger partial charge on any atom is -0.380 e. The molecule has 1 saturated carbocycles. The van der Waals surface area contributed by atoms with Gasteiger partial charge >= 0.3 is 0 Å². The summed E-state index contributed by atoms with van der Waals surface area (Å²) in [5.41, 5.74) is 2.08. The molecule has 94 valence electrons. The fourth-order valence-corrected chi connectivity index (χ4v) is 3.42. The summed E-state index contributed by atoms with van der Waals surface area (Å²) in [6, 6.07) is 8.74. The van der Waals surface area contributed by atoms with Gasteiger partial charge < -0.3 is 5.32 Å². The molecule has 2 atom stereocenters. The Kier molecular flexibility index (Phi) is 3.37. The lowest BCUT2D eigenvalue weighted by Gasteiger charge is -2.15. The smallest absolute Gasteiger partial charge is 0.0950 e. The van der Waals surface area contributed by atoms with Gasteiger partial charge in [0.25, 0.3) is 0 Å². The van der Waals surface area contributed by atoms with Crippen molar-refractivity contribution in [1.29, 1.82) is 0 Å². The van der Waals surface area contributed by atoms with Crippen molar-refractivity contribution in [2.24, 2.45) is 0 Å². The summed E-state index contributed by atoms with van der Waals surface area (Å²) in [5, 5.41) is 13.8. The second-order valence-corrected chi connectivity index (χ2v) is 5.93. The van der Waals surface area contributed by atoms with Crippen LogP contribution in [-0.4, -0.2) is 27.7 Å². The molecular formula is C14H17N3S. The lowest BCUT2D eigenvalue weighted by Crippen LogP contribution is -2.16. The average molecular weight is 259 g/mol. The van der Waals surface area contributed by atoms with Gasteiger partial charge in [-0.1, -0.05) is 18.2 Å². The van der Waals surface area contributed by atoms with Crippen LogP contribution in [0.3, 0.4) is 0 Å². The van der Waals surface area contributed by atoms with Crippen LogP contribution in [0, 0.1) is 0 Å². The number of anilines is 1. The van der Waals surface area contributed by atoms with Gasteiger partial charge in [0.1, 0.15) is 0 Å². The van der Waals surface area contributed by atoms with Crippen molar-refractivity contribution in [2.45, 2.75) is 30.6 Å². The predicted octanol–water partition coefficient (Wildman–Crippen LogP) is 3.33. The quantitative estimate of drug-likeness (QED) is 0.917. The molecule has 0 saturated heterocycles. The zero-order chi connectivity index (χ0) is 12.4. The summed E-state index contributed by atoms with van der Waals surface area (Å²) in [4.78, 5) is 0. The van der Waals surface area contributed by atoms with Crippen molar-refractivity contribution in [3.8, 4) is 0 Å². The van der Waals surface area contributed by atoms with Crippen molar-refractivity contribution >= 4 is 28.4 Å². The molecule has 2 unspecified atom stereocenters. The van der Waals surface area contributed by atoms with Gasteiger partial charge in [-0.15, -0.1) is 0 Å². The highest BCUT2D eigenvalue weighted by molar-refractivity contribution is 7.99. The summed E-state index contributed by atoms with van der Waals surface area (Å²) in [6.07, 6.45) is 7.86. The Morgan fingerprint density at radius 1 is 1.28 bits per heavy atom. The molecule has 4 heteroatoms. The van der Waals surface area contributed by atoms with Gasteiger partial charge in [-0.25, -0.2) is 0 Å². The van der Waals surface area contributed by atoms with E-state index in [1.165, 1.54) is 24.6 Å². The Hall–Kier alpha value is -1.29. The summed E-state index contributed by atoms with van der Waals surface area (Å²) in [7, 11) is 0. The molecule has 1 heterocycles. The molecule has 3 nitrogen and oxygen atoms in total. The lowest BCUT2D eigenvalue weighted by molar-refractivity contribution is 0.757. The average Bonchev–Trinajstić information content (AvgIpc) is 2.87. The Bertz CT molecular complexity index is 538. The van der Waals surface area contributed by atoms with Crippen LogP contribution in [0.5, 0.6) is 0 Å². The summed E-state index contributed by atoms with van der Waals surface area (Å²) in [5.74, 6) is 0. The Morgan fingerprint density at radius 2 is 2.17 bits per heavy atom. The third-order valence-electron chi connectivity index (χ3n) is 3.62. The van der Waals surface area contributed by atoms with Gasteiger partial charge in [0.15, 0.2) is 0 Å². The minimum atomic E-state index is 0.579. The largest absolute Gasteiger partial charge is 0.380 e. The molecule has 1 fully saturated rings. The van der Waals surface area contributed by atoms with Crippen LogP contribution in [0.4, 0.5) is 5.69 Å². The monoisotopic (exact) mass is 259 g/mol. The van der Waals surface area contributed by atoms with Crippen molar-refractivity contribution in [1.82, 2.24) is 10.2 Å². The molecule has 1 N–H and O–H groups in total. The van der Waals surface area contributed by atoms with Gasteiger partial charge in [-0.3, -0.25) is 0 Å². The van der Waals surface area contributed by atoms with E-state index in [2.05, 4.69) is 33.9 Å². The highest BCUT2D eigenvalue weighted by Gasteiger charge is 2.24. The second-order valence-electron chi connectivity index (χ2n) is 4.79. The second kappa shape index (κ2) is 5.14. The molecule has 1 aromatic heterocycles. The molecule has 0 aliphatic heterocycles. The highest BCUT2D eigenvalue weighted by atomic mass is 32.2. The van der Waals surface area contributed by atoms with Gasteiger partial charge in [0.2, 0.25) is 0 Å². The van der Waals surface area contributed by atoms with E-state index < -0.39 is 0 Å². The van der Waals surface area contributed by atoms with Crippen LogP contribution >= 0.6 is 11.8 Å². The van der Waals surface area contributed by atoms with Crippen LogP contribution < -0.4 is 5.32 Å². The Labute approximate surface area is 111 Å². The number of hydrogen-bond donors (Lipinski definition) is 1. The van der Waals surface area contributed by atoms with Crippen LogP contribution in [-0.2, 0) is 0 Å². The normalized spacial score (nSPS) is 23.4. The van der Waals surface area contributed by atoms with E-state index in [4.69, 9.17) is 0 Å². The third kappa shape index (κ3) is 2.29. The first-order valence-electron chi connectivity index (χ1n) is 6.36.